The third-order valence-electron chi connectivity index (χ3n) is 4.23. The SMILES string of the molecule is O=C(/C=C\c1cccc(OC2CCCC2)c1)N1CCCS1(=O)=O. The van der Waals surface area contributed by atoms with E-state index in [1.165, 1.54) is 18.9 Å². The molecule has 0 spiro atoms. The van der Waals surface area contributed by atoms with Crippen LogP contribution in [0.2, 0.25) is 0 Å². The van der Waals surface area contributed by atoms with E-state index in [1.807, 2.05) is 24.3 Å². The average molecular weight is 335 g/mol. The molecule has 1 aliphatic carbocycles. The van der Waals surface area contributed by atoms with Gasteiger partial charge < -0.3 is 4.74 Å². The molecule has 124 valence electrons. The highest BCUT2D eigenvalue weighted by Gasteiger charge is 2.31. The van der Waals surface area contributed by atoms with Gasteiger partial charge in [-0.3, -0.25) is 4.79 Å². The zero-order chi connectivity index (χ0) is 16.3. The Balaban J connectivity index is 1.66. The Bertz CT molecular complexity index is 705. The number of amides is 1. The highest BCUT2D eigenvalue weighted by Crippen LogP contribution is 2.25. The zero-order valence-electron chi connectivity index (χ0n) is 13.0. The average Bonchev–Trinajstić information content (AvgIpc) is 3.14. The lowest BCUT2D eigenvalue weighted by atomic mass is 10.2. The van der Waals surface area contributed by atoms with E-state index >= 15 is 0 Å². The molecule has 0 N–H and O–H groups in total. The van der Waals surface area contributed by atoms with Gasteiger partial charge in [0.05, 0.1) is 11.9 Å². The third-order valence-corrected chi connectivity index (χ3v) is 6.07. The molecule has 3 rings (SSSR count). The van der Waals surface area contributed by atoms with Gasteiger partial charge in [-0.25, -0.2) is 12.7 Å². The standard InChI is InChI=1S/C17H21NO4S/c19-17(18-11-4-12-23(18,20)21)10-9-14-5-3-8-16(13-14)22-15-6-1-2-7-15/h3,5,8-10,13,15H,1-2,4,6-7,11-12H2/b10-9-. The summed E-state index contributed by atoms with van der Waals surface area (Å²) in [6.07, 6.45) is 8.34. The Hall–Kier alpha value is -1.82. The van der Waals surface area contributed by atoms with Crippen molar-refractivity contribution in [1.82, 2.24) is 4.31 Å². The van der Waals surface area contributed by atoms with Crippen LogP contribution in [0.25, 0.3) is 6.08 Å². The summed E-state index contributed by atoms with van der Waals surface area (Å²) < 4.78 is 30.3. The quantitative estimate of drug-likeness (QED) is 0.794. The molecular formula is C17H21NO4S. The normalized spacial score (nSPS) is 21.1. The summed E-state index contributed by atoms with van der Waals surface area (Å²) in [7, 11) is -3.41. The molecule has 2 aliphatic rings. The first-order valence-corrected chi connectivity index (χ1v) is 9.65. The van der Waals surface area contributed by atoms with Crippen molar-refractivity contribution in [2.75, 3.05) is 12.3 Å². The summed E-state index contributed by atoms with van der Waals surface area (Å²) in [6, 6.07) is 7.52. The number of carbonyl (C=O) groups is 1. The minimum absolute atomic E-state index is 0.0529. The highest BCUT2D eigenvalue weighted by molar-refractivity contribution is 7.89. The van der Waals surface area contributed by atoms with Crippen molar-refractivity contribution < 1.29 is 17.9 Å². The summed E-state index contributed by atoms with van der Waals surface area (Å²) >= 11 is 0. The maximum absolute atomic E-state index is 12.0. The number of benzene rings is 1. The van der Waals surface area contributed by atoms with Crippen LogP contribution in [0.4, 0.5) is 0 Å². The number of sulfonamides is 1. The molecule has 1 saturated heterocycles. The molecule has 0 radical (unpaired) electrons. The van der Waals surface area contributed by atoms with Crippen LogP contribution in [0.15, 0.2) is 30.3 Å². The number of ether oxygens (including phenoxy) is 1. The second-order valence-corrected chi connectivity index (χ2v) is 8.02. The lowest BCUT2D eigenvalue weighted by Crippen LogP contribution is -2.30. The van der Waals surface area contributed by atoms with Crippen LogP contribution in [0.5, 0.6) is 5.75 Å². The van der Waals surface area contributed by atoms with Crippen molar-refractivity contribution in [3.63, 3.8) is 0 Å². The van der Waals surface area contributed by atoms with Crippen LogP contribution in [0.1, 0.15) is 37.7 Å². The molecule has 23 heavy (non-hydrogen) atoms. The summed E-state index contributed by atoms with van der Waals surface area (Å²) in [4.78, 5) is 12.0. The first-order valence-electron chi connectivity index (χ1n) is 8.04. The number of hydrogen-bond donors (Lipinski definition) is 0. The van der Waals surface area contributed by atoms with Crippen molar-refractivity contribution in [1.29, 1.82) is 0 Å². The molecule has 0 atom stereocenters. The lowest BCUT2D eigenvalue weighted by Gasteiger charge is -2.13. The fraction of sp³-hybridized carbons (Fsp3) is 0.471. The summed E-state index contributed by atoms with van der Waals surface area (Å²) in [5.41, 5.74) is 0.824. The molecule has 6 heteroatoms. The van der Waals surface area contributed by atoms with Gasteiger partial charge in [0.1, 0.15) is 5.75 Å². The predicted molar refractivity (Wildman–Crippen MR) is 88.5 cm³/mol. The van der Waals surface area contributed by atoms with Crippen LogP contribution in [-0.2, 0) is 14.8 Å². The summed E-state index contributed by atoms with van der Waals surface area (Å²) in [5, 5.41) is 0. The van der Waals surface area contributed by atoms with Gasteiger partial charge >= 0.3 is 0 Å². The first kappa shape index (κ1) is 16.1. The van der Waals surface area contributed by atoms with Gasteiger partial charge in [0, 0.05) is 12.6 Å². The van der Waals surface area contributed by atoms with Crippen LogP contribution >= 0.6 is 0 Å². The van der Waals surface area contributed by atoms with E-state index in [-0.39, 0.29) is 18.4 Å². The smallest absolute Gasteiger partial charge is 0.260 e. The molecule has 1 saturated carbocycles. The van der Waals surface area contributed by atoms with E-state index in [2.05, 4.69) is 0 Å². The van der Waals surface area contributed by atoms with Crippen molar-refractivity contribution in [2.24, 2.45) is 0 Å². The van der Waals surface area contributed by atoms with E-state index in [1.54, 1.807) is 6.08 Å². The molecule has 2 fully saturated rings. The fourth-order valence-corrected chi connectivity index (χ4v) is 4.48. The molecule has 5 nitrogen and oxygen atoms in total. The van der Waals surface area contributed by atoms with Crippen LogP contribution in [0.3, 0.4) is 0 Å². The minimum atomic E-state index is -3.41. The Kier molecular flexibility index (Phi) is 4.71. The molecule has 1 aromatic carbocycles. The van der Waals surface area contributed by atoms with Gasteiger partial charge in [-0.05, 0) is 55.9 Å². The van der Waals surface area contributed by atoms with E-state index in [0.29, 0.717) is 6.42 Å². The molecule has 0 bridgehead atoms. The maximum Gasteiger partial charge on any atom is 0.260 e. The molecule has 1 aliphatic heterocycles. The highest BCUT2D eigenvalue weighted by atomic mass is 32.2. The topological polar surface area (TPSA) is 63.7 Å². The third kappa shape index (κ3) is 3.93. The zero-order valence-corrected chi connectivity index (χ0v) is 13.8. The van der Waals surface area contributed by atoms with Crippen molar-refractivity contribution in [3.8, 4) is 5.75 Å². The van der Waals surface area contributed by atoms with Gasteiger partial charge in [-0.1, -0.05) is 12.1 Å². The van der Waals surface area contributed by atoms with Gasteiger partial charge in [-0.2, -0.15) is 0 Å². The molecule has 0 aromatic heterocycles. The van der Waals surface area contributed by atoms with Crippen molar-refractivity contribution in [2.45, 2.75) is 38.2 Å². The maximum atomic E-state index is 12.0. The van der Waals surface area contributed by atoms with E-state index < -0.39 is 15.9 Å². The molecule has 1 aromatic rings. The number of rotatable bonds is 4. The lowest BCUT2D eigenvalue weighted by molar-refractivity contribution is -0.121. The Morgan fingerprint density at radius 1 is 1.22 bits per heavy atom. The molecule has 1 amide bonds. The van der Waals surface area contributed by atoms with Crippen LogP contribution in [0, 0.1) is 0 Å². The molecule has 0 unspecified atom stereocenters. The molecule has 1 heterocycles. The van der Waals surface area contributed by atoms with Gasteiger partial charge in [-0.15, -0.1) is 0 Å². The van der Waals surface area contributed by atoms with Crippen molar-refractivity contribution in [3.05, 3.63) is 35.9 Å². The van der Waals surface area contributed by atoms with Crippen LogP contribution < -0.4 is 4.74 Å². The van der Waals surface area contributed by atoms with Gasteiger partial charge in [0.2, 0.25) is 10.0 Å². The Morgan fingerprint density at radius 2 is 2.00 bits per heavy atom. The van der Waals surface area contributed by atoms with E-state index in [4.69, 9.17) is 4.74 Å². The van der Waals surface area contributed by atoms with Crippen LogP contribution in [-0.4, -0.2) is 37.0 Å². The summed E-state index contributed by atoms with van der Waals surface area (Å²) in [5.74, 6) is 0.363. The number of hydrogen-bond acceptors (Lipinski definition) is 4. The van der Waals surface area contributed by atoms with Gasteiger partial charge in [0.15, 0.2) is 0 Å². The first-order chi connectivity index (χ1) is 11.0. The Labute approximate surface area is 137 Å². The number of nitrogens with zero attached hydrogens (tertiary/aromatic N) is 1. The Morgan fingerprint density at radius 3 is 2.70 bits per heavy atom. The monoisotopic (exact) mass is 335 g/mol. The second kappa shape index (κ2) is 6.74. The number of carbonyl (C=O) groups excluding carboxylic acids is 1. The molecular weight excluding hydrogens is 314 g/mol. The predicted octanol–water partition coefficient (Wildman–Crippen LogP) is 2.58. The summed E-state index contributed by atoms with van der Waals surface area (Å²) in [6.45, 7) is 0.274. The minimum Gasteiger partial charge on any atom is -0.490 e. The van der Waals surface area contributed by atoms with E-state index in [0.717, 1.165) is 28.5 Å². The fourth-order valence-electron chi connectivity index (χ4n) is 3.03. The van der Waals surface area contributed by atoms with Gasteiger partial charge in [0.25, 0.3) is 5.91 Å². The second-order valence-electron chi connectivity index (χ2n) is 6.01. The van der Waals surface area contributed by atoms with E-state index in [9.17, 15) is 13.2 Å². The van der Waals surface area contributed by atoms with Crippen molar-refractivity contribution >= 4 is 22.0 Å². The largest absolute Gasteiger partial charge is 0.490 e.